The van der Waals surface area contributed by atoms with E-state index in [0.29, 0.717) is 13.1 Å². The molecule has 1 aromatic rings. The third-order valence-electron chi connectivity index (χ3n) is 3.33. The fourth-order valence-corrected chi connectivity index (χ4v) is 1.21. The van der Waals surface area contributed by atoms with Gasteiger partial charge in [-0.25, -0.2) is 4.79 Å². The first-order valence-corrected chi connectivity index (χ1v) is 8.02. The van der Waals surface area contributed by atoms with E-state index < -0.39 is 6.09 Å². The van der Waals surface area contributed by atoms with Crippen LogP contribution in [0.1, 0.15) is 33.3 Å². The monoisotopic (exact) mass is 340 g/mol. The lowest BCUT2D eigenvalue weighted by Crippen LogP contribution is -2.36. The van der Waals surface area contributed by atoms with Crippen LogP contribution in [0.15, 0.2) is 30.3 Å². The molecule has 0 aliphatic carbocycles. The van der Waals surface area contributed by atoms with Gasteiger partial charge >= 0.3 is 6.09 Å². The number of ether oxygens (including phenoxy) is 1. The molecule has 0 aliphatic heterocycles. The molecule has 0 radical (unpaired) electrons. The van der Waals surface area contributed by atoms with Gasteiger partial charge in [-0.05, 0) is 12.1 Å². The Morgan fingerprint density at radius 1 is 1.08 bits per heavy atom. The van der Waals surface area contributed by atoms with Gasteiger partial charge in [-0.2, -0.15) is 0 Å². The number of aliphatic hydroxyl groups excluding tert-OH is 2. The predicted molar refractivity (Wildman–Crippen MR) is 95.4 cm³/mol. The van der Waals surface area contributed by atoms with Crippen LogP contribution in [0.4, 0.5) is 4.79 Å². The summed E-state index contributed by atoms with van der Waals surface area (Å²) in [6, 6.07) is 9.49. The van der Waals surface area contributed by atoms with Gasteiger partial charge in [0, 0.05) is 30.6 Å². The van der Waals surface area contributed by atoms with Crippen molar-refractivity contribution in [2.24, 2.45) is 16.6 Å². The first kappa shape index (κ1) is 22.4. The van der Waals surface area contributed by atoms with Gasteiger partial charge in [0.15, 0.2) is 0 Å². The lowest BCUT2D eigenvalue weighted by molar-refractivity contribution is 0.122. The average molecular weight is 340 g/mol. The summed E-state index contributed by atoms with van der Waals surface area (Å²) in [6.45, 7) is 8.96. The standard InChI is InChI=1S/C13H19NO3.C5H13NO/c1-13(2,10-15)9-14-12(16)17-8-11-6-4-3-5-7-11;1-5(2,3-6)4-7/h3-7,15H,8-10H2,1-2H3,(H,14,16);7H,3-4,6H2,1-2H3. The van der Waals surface area contributed by atoms with Crippen LogP contribution in [0.2, 0.25) is 0 Å². The van der Waals surface area contributed by atoms with E-state index in [9.17, 15) is 4.79 Å². The SMILES string of the molecule is CC(C)(CN)CO.CC(C)(CO)CNC(=O)OCc1ccccc1. The van der Waals surface area contributed by atoms with E-state index in [1.54, 1.807) is 0 Å². The van der Waals surface area contributed by atoms with Gasteiger partial charge in [-0.15, -0.1) is 0 Å². The Hall–Kier alpha value is -1.63. The van der Waals surface area contributed by atoms with E-state index in [0.717, 1.165) is 5.56 Å². The van der Waals surface area contributed by atoms with E-state index in [4.69, 9.17) is 20.7 Å². The molecule has 6 nitrogen and oxygen atoms in total. The Morgan fingerprint density at radius 2 is 1.62 bits per heavy atom. The Labute approximate surface area is 145 Å². The molecular formula is C18H32N2O4. The number of hydrogen-bond donors (Lipinski definition) is 4. The predicted octanol–water partition coefficient (Wildman–Crippen LogP) is 1.89. The summed E-state index contributed by atoms with van der Waals surface area (Å²) in [7, 11) is 0. The zero-order valence-electron chi connectivity index (χ0n) is 15.2. The number of nitrogens with two attached hydrogens (primary N) is 1. The van der Waals surface area contributed by atoms with E-state index in [-0.39, 0.29) is 30.7 Å². The summed E-state index contributed by atoms with van der Waals surface area (Å²) < 4.78 is 5.04. The van der Waals surface area contributed by atoms with Crippen molar-refractivity contribution in [3.63, 3.8) is 0 Å². The fraction of sp³-hybridized carbons (Fsp3) is 0.611. The van der Waals surface area contributed by atoms with Crippen molar-refractivity contribution in [1.82, 2.24) is 5.32 Å². The smallest absolute Gasteiger partial charge is 0.407 e. The Bertz CT molecular complexity index is 455. The highest BCUT2D eigenvalue weighted by atomic mass is 16.5. The minimum atomic E-state index is -0.463. The third kappa shape index (κ3) is 11.0. The van der Waals surface area contributed by atoms with E-state index in [2.05, 4.69) is 5.32 Å². The molecule has 0 aromatic heterocycles. The molecule has 0 aliphatic rings. The topological polar surface area (TPSA) is 105 Å². The van der Waals surface area contributed by atoms with Crippen molar-refractivity contribution in [2.45, 2.75) is 34.3 Å². The average Bonchev–Trinajstić information content (AvgIpc) is 2.59. The van der Waals surface area contributed by atoms with Crippen LogP contribution in [0, 0.1) is 10.8 Å². The van der Waals surface area contributed by atoms with Gasteiger partial charge in [0.1, 0.15) is 6.61 Å². The molecule has 0 saturated heterocycles. The van der Waals surface area contributed by atoms with Gasteiger partial charge in [0.2, 0.25) is 0 Å². The van der Waals surface area contributed by atoms with Crippen LogP contribution in [0.5, 0.6) is 0 Å². The molecule has 0 saturated carbocycles. The number of alkyl carbamates (subject to hydrolysis) is 1. The molecule has 6 heteroatoms. The molecule has 0 heterocycles. The fourth-order valence-electron chi connectivity index (χ4n) is 1.21. The molecule has 0 spiro atoms. The molecule has 5 N–H and O–H groups in total. The molecule has 0 atom stereocenters. The van der Waals surface area contributed by atoms with Crippen LogP contribution in [0.25, 0.3) is 0 Å². The van der Waals surface area contributed by atoms with Crippen molar-refractivity contribution in [2.75, 3.05) is 26.3 Å². The maximum absolute atomic E-state index is 11.4. The Kier molecular flexibility index (Phi) is 10.3. The lowest BCUT2D eigenvalue weighted by Gasteiger charge is -2.21. The summed E-state index contributed by atoms with van der Waals surface area (Å²) in [5.74, 6) is 0. The summed E-state index contributed by atoms with van der Waals surface area (Å²) in [6.07, 6.45) is -0.463. The highest BCUT2D eigenvalue weighted by molar-refractivity contribution is 5.67. The number of hydrogen-bond acceptors (Lipinski definition) is 5. The molecule has 138 valence electrons. The number of benzene rings is 1. The number of nitrogens with one attached hydrogen (secondary N) is 1. The van der Waals surface area contributed by atoms with Crippen LogP contribution in [-0.2, 0) is 11.3 Å². The van der Waals surface area contributed by atoms with Crippen LogP contribution < -0.4 is 11.1 Å². The molecule has 1 amide bonds. The molecule has 0 bridgehead atoms. The Balaban J connectivity index is 0.000000640. The molecule has 0 unspecified atom stereocenters. The maximum Gasteiger partial charge on any atom is 0.407 e. The number of amides is 1. The molecule has 0 fully saturated rings. The quantitative estimate of drug-likeness (QED) is 0.607. The zero-order valence-corrected chi connectivity index (χ0v) is 15.2. The largest absolute Gasteiger partial charge is 0.445 e. The molecular weight excluding hydrogens is 308 g/mol. The van der Waals surface area contributed by atoms with Crippen molar-refractivity contribution < 1.29 is 19.7 Å². The number of rotatable bonds is 7. The molecule has 1 aromatic carbocycles. The van der Waals surface area contributed by atoms with Gasteiger partial charge in [-0.3, -0.25) is 0 Å². The number of carbonyl (C=O) groups is 1. The number of aliphatic hydroxyl groups is 2. The number of carbonyl (C=O) groups excluding carboxylic acids is 1. The summed E-state index contributed by atoms with van der Waals surface area (Å²) in [5.41, 5.74) is 5.79. The van der Waals surface area contributed by atoms with E-state index >= 15 is 0 Å². The first-order chi connectivity index (χ1) is 11.2. The van der Waals surface area contributed by atoms with Crippen molar-refractivity contribution in [3.05, 3.63) is 35.9 Å². The molecule has 1 rings (SSSR count). The zero-order chi connectivity index (χ0) is 18.6. The van der Waals surface area contributed by atoms with E-state index in [1.165, 1.54) is 0 Å². The van der Waals surface area contributed by atoms with Gasteiger partial charge in [0.05, 0.1) is 0 Å². The summed E-state index contributed by atoms with van der Waals surface area (Å²) in [4.78, 5) is 11.4. The summed E-state index contributed by atoms with van der Waals surface area (Å²) >= 11 is 0. The second-order valence-corrected chi connectivity index (χ2v) is 7.26. The van der Waals surface area contributed by atoms with Gasteiger partial charge in [-0.1, -0.05) is 58.0 Å². The first-order valence-electron chi connectivity index (χ1n) is 8.02. The van der Waals surface area contributed by atoms with Crippen molar-refractivity contribution >= 4 is 6.09 Å². The normalized spacial score (nSPS) is 11.3. The van der Waals surface area contributed by atoms with Gasteiger partial charge in [0.25, 0.3) is 0 Å². The van der Waals surface area contributed by atoms with Gasteiger partial charge < -0.3 is 26.0 Å². The second-order valence-electron chi connectivity index (χ2n) is 7.26. The van der Waals surface area contributed by atoms with E-state index in [1.807, 2.05) is 58.0 Å². The van der Waals surface area contributed by atoms with Crippen molar-refractivity contribution in [1.29, 1.82) is 0 Å². The minimum Gasteiger partial charge on any atom is -0.445 e. The lowest BCUT2D eigenvalue weighted by atomic mass is 9.95. The summed E-state index contributed by atoms with van der Waals surface area (Å²) in [5, 5.41) is 20.2. The van der Waals surface area contributed by atoms with Crippen LogP contribution in [0.3, 0.4) is 0 Å². The molecule has 24 heavy (non-hydrogen) atoms. The highest BCUT2D eigenvalue weighted by Crippen LogP contribution is 2.11. The Morgan fingerprint density at radius 3 is 2.04 bits per heavy atom. The van der Waals surface area contributed by atoms with Crippen molar-refractivity contribution in [3.8, 4) is 0 Å². The third-order valence-corrected chi connectivity index (χ3v) is 3.33. The second kappa shape index (κ2) is 11.0. The van der Waals surface area contributed by atoms with Crippen LogP contribution in [-0.4, -0.2) is 42.6 Å². The highest BCUT2D eigenvalue weighted by Gasteiger charge is 2.17. The minimum absolute atomic E-state index is 0.0198. The maximum atomic E-state index is 11.4. The van der Waals surface area contributed by atoms with Crippen LogP contribution >= 0.6 is 0 Å².